The van der Waals surface area contributed by atoms with Crippen molar-refractivity contribution in [3.8, 4) is 5.75 Å². The molecule has 0 aromatic heterocycles. The lowest BCUT2D eigenvalue weighted by molar-refractivity contribution is -0.123. The molecule has 0 bridgehead atoms. The fraction of sp³-hybridized carbons (Fsp3) is 0.381. The van der Waals surface area contributed by atoms with E-state index < -0.39 is 27.8 Å². The van der Waals surface area contributed by atoms with E-state index in [1.165, 1.54) is 18.2 Å². The van der Waals surface area contributed by atoms with Crippen LogP contribution in [0, 0.1) is 12.7 Å². The third-order valence-corrected chi connectivity index (χ3v) is 5.56. The molecule has 0 spiro atoms. The lowest BCUT2D eigenvalue weighted by Gasteiger charge is -2.31. The SMILES string of the molecule is CC[C@H](C(=O)N[C@@H](C)COc1ccccc1C)N(c1ccccc1F)S(C)(=O)=O. The van der Waals surface area contributed by atoms with Gasteiger partial charge in [-0.25, -0.2) is 12.8 Å². The first-order chi connectivity index (χ1) is 13.6. The third kappa shape index (κ3) is 5.93. The van der Waals surface area contributed by atoms with Crippen molar-refractivity contribution in [2.75, 3.05) is 17.2 Å². The molecule has 8 heteroatoms. The second kappa shape index (κ2) is 9.73. The van der Waals surface area contributed by atoms with Crippen LogP contribution in [0.1, 0.15) is 25.8 Å². The number of para-hydroxylation sites is 2. The molecule has 0 unspecified atom stereocenters. The molecule has 2 atom stereocenters. The molecule has 0 aliphatic rings. The lowest BCUT2D eigenvalue weighted by atomic mass is 10.1. The van der Waals surface area contributed by atoms with Gasteiger partial charge in [0.25, 0.3) is 0 Å². The molecule has 2 rings (SSSR count). The molecule has 2 aromatic carbocycles. The highest BCUT2D eigenvalue weighted by atomic mass is 32.2. The Balaban J connectivity index is 2.15. The summed E-state index contributed by atoms with van der Waals surface area (Å²) in [5.74, 6) is -0.507. The van der Waals surface area contributed by atoms with Gasteiger partial charge in [-0.05, 0) is 44.0 Å². The molecule has 0 heterocycles. The van der Waals surface area contributed by atoms with Gasteiger partial charge in [-0.2, -0.15) is 0 Å². The van der Waals surface area contributed by atoms with Crippen molar-refractivity contribution in [2.45, 2.75) is 39.3 Å². The number of amides is 1. The van der Waals surface area contributed by atoms with Crippen LogP contribution >= 0.6 is 0 Å². The predicted octanol–water partition coefficient (Wildman–Crippen LogP) is 3.26. The first-order valence-electron chi connectivity index (χ1n) is 9.37. The molecule has 6 nitrogen and oxygen atoms in total. The molecule has 0 aliphatic heterocycles. The van der Waals surface area contributed by atoms with Gasteiger partial charge in [-0.15, -0.1) is 0 Å². The topological polar surface area (TPSA) is 75.7 Å². The number of hydrogen-bond donors (Lipinski definition) is 1. The molecule has 0 saturated carbocycles. The highest BCUT2D eigenvalue weighted by molar-refractivity contribution is 7.92. The summed E-state index contributed by atoms with van der Waals surface area (Å²) in [5.41, 5.74) is 0.820. The smallest absolute Gasteiger partial charge is 0.244 e. The quantitative estimate of drug-likeness (QED) is 0.673. The standard InChI is InChI=1S/C21H27FN2O4S/c1-5-18(24(29(4,26)27)19-12-8-7-11-17(19)22)21(25)23-16(3)14-28-20-13-9-6-10-15(20)2/h6-13,16,18H,5,14H2,1-4H3,(H,23,25)/t16-,18+/m0/s1. The number of anilines is 1. The summed E-state index contributed by atoms with van der Waals surface area (Å²) >= 11 is 0. The number of ether oxygens (including phenoxy) is 1. The average Bonchev–Trinajstić information content (AvgIpc) is 2.65. The number of nitrogens with zero attached hydrogens (tertiary/aromatic N) is 1. The number of sulfonamides is 1. The first-order valence-corrected chi connectivity index (χ1v) is 11.2. The van der Waals surface area contributed by atoms with Crippen molar-refractivity contribution in [3.05, 3.63) is 59.9 Å². The Morgan fingerprint density at radius 3 is 2.38 bits per heavy atom. The van der Waals surface area contributed by atoms with Gasteiger partial charge >= 0.3 is 0 Å². The summed E-state index contributed by atoms with van der Waals surface area (Å²) in [4.78, 5) is 12.8. The van der Waals surface area contributed by atoms with Crippen molar-refractivity contribution in [1.82, 2.24) is 5.32 Å². The van der Waals surface area contributed by atoms with Crippen LogP contribution in [0.3, 0.4) is 0 Å². The van der Waals surface area contributed by atoms with Crippen LogP contribution in [0.15, 0.2) is 48.5 Å². The van der Waals surface area contributed by atoms with E-state index in [-0.39, 0.29) is 24.8 Å². The van der Waals surface area contributed by atoms with Crippen LogP contribution < -0.4 is 14.4 Å². The van der Waals surface area contributed by atoms with E-state index in [1.807, 2.05) is 31.2 Å². The van der Waals surface area contributed by atoms with E-state index >= 15 is 0 Å². The number of hydrogen-bond acceptors (Lipinski definition) is 4. The van der Waals surface area contributed by atoms with Crippen LogP contribution in [0.2, 0.25) is 0 Å². The second-order valence-electron chi connectivity index (χ2n) is 6.92. The van der Waals surface area contributed by atoms with Crippen molar-refractivity contribution in [3.63, 3.8) is 0 Å². The molecule has 1 N–H and O–H groups in total. The Morgan fingerprint density at radius 1 is 1.17 bits per heavy atom. The van der Waals surface area contributed by atoms with Gasteiger partial charge in [0.2, 0.25) is 15.9 Å². The Bertz CT molecular complexity index is 949. The zero-order chi connectivity index (χ0) is 21.6. The Kier molecular flexibility index (Phi) is 7.61. The number of halogens is 1. The molecular formula is C21H27FN2O4S. The van der Waals surface area contributed by atoms with Gasteiger partial charge in [-0.1, -0.05) is 37.3 Å². The number of carbonyl (C=O) groups is 1. The van der Waals surface area contributed by atoms with E-state index in [0.717, 1.165) is 22.2 Å². The Morgan fingerprint density at radius 2 is 1.79 bits per heavy atom. The summed E-state index contributed by atoms with van der Waals surface area (Å²) in [5, 5.41) is 2.77. The summed E-state index contributed by atoms with van der Waals surface area (Å²) in [7, 11) is -3.89. The fourth-order valence-corrected chi connectivity index (χ4v) is 4.19. The average molecular weight is 423 g/mol. The highest BCUT2D eigenvalue weighted by Gasteiger charge is 2.33. The molecule has 0 radical (unpaired) electrons. The zero-order valence-corrected chi connectivity index (χ0v) is 17.9. The maximum atomic E-state index is 14.3. The van der Waals surface area contributed by atoms with Crippen molar-refractivity contribution < 1.29 is 22.3 Å². The second-order valence-corrected chi connectivity index (χ2v) is 8.78. The molecule has 1 amide bonds. The molecule has 2 aromatic rings. The molecule has 29 heavy (non-hydrogen) atoms. The molecular weight excluding hydrogens is 395 g/mol. The Hall–Kier alpha value is -2.61. The van der Waals surface area contributed by atoms with E-state index in [2.05, 4.69) is 5.32 Å². The first kappa shape index (κ1) is 22.7. The number of carbonyl (C=O) groups excluding carboxylic acids is 1. The van der Waals surface area contributed by atoms with Crippen LogP contribution in [0.25, 0.3) is 0 Å². The monoisotopic (exact) mass is 422 g/mol. The van der Waals surface area contributed by atoms with Crippen LogP contribution in [0.4, 0.5) is 10.1 Å². The van der Waals surface area contributed by atoms with Crippen LogP contribution in [-0.4, -0.2) is 39.3 Å². The molecule has 0 fully saturated rings. The number of rotatable bonds is 9. The van der Waals surface area contributed by atoms with Gasteiger partial charge in [-0.3, -0.25) is 9.10 Å². The third-order valence-electron chi connectivity index (χ3n) is 4.39. The lowest BCUT2D eigenvalue weighted by Crippen LogP contribution is -2.52. The highest BCUT2D eigenvalue weighted by Crippen LogP contribution is 2.25. The summed E-state index contributed by atoms with van der Waals surface area (Å²) in [6.45, 7) is 5.57. The summed E-state index contributed by atoms with van der Waals surface area (Å²) < 4.78 is 45.6. The minimum atomic E-state index is -3.89. The van der Waals surface area contributed by atoms with Gasteiger partial charge in [0.15, 0.2) is 0 Å². The van der Waals surface area contributed by atoms with Crippen molar-refractivity contribution >= 4 is 21.6 Å². The zero-order valence-electron chi connectivity index (χ0n) is 17.1. The minimum absolute atomic E-state index is 0.152. The summed E-state index contributed by atoms with van der Waals surface area (Å²) in [6.07, 6.45) is 1.14. The van der Waals surface area contributed by atoms with Gasteiger partial charge in [0, 0.05) is 0 Å². The van der Waals surface area contributed by atoms with Gasteiger partial charge in [0.1, 0.15) is 24.2 Å². The van der Waals surface area contributed by atoms with Gasteiger partial charge in [0.05, 0.1) is 18.0 Å². The minimum Gasteiger partial charge on any atom is -0.491 e. The normalized spacial score (nSPS) is 13.4. The van der Waals surface area contributed by atoms with Gasteiger partial charge < -0.3 is 10.1 Å². The molecule has 0 aliphatic carbocycles. The van der Waals surface area contributed by atoms with Crippen molar-refractivity contribution in [1.29, 1.82) is 0 Å². The van der Waals surface area contributed by atoms with E-state index in [0.29, 0.717) is 5.75 Å². The van der Waals surface area contributed by atoms with E-state index in [4.69, 9.17) is 4.74 Å². The van der Waals surface area contributed by atoms with Crippen LogP contribution in [-0.2, 0) is 14.8 Å². The predicted molar refractivity (Wildman–Crippen MR) is 112 cm³/mol. The maximum Gasteiger partial charge on any atom is 0.244 e. The van der Waals surface area contributed by atoms with Crippen molar-refractivity contribution in [2.24, 2.45) is 0 Å². The van der Waals surface area contributed by atoms with Crippen LogP contribution in [0.5, 0.6) is 5.75 Å². The molecule has 158 valence electrons. The molecule has 0 saturated heterocycles. The Labute approximate surface area is 171 Å². The number of nitrogens with one attached hydrogen (secondary N) is 1. The number of benzene rings is 2. The largest absolute Gasteiger partial charge is 0.491 e. The maximum absolute atomic E-state index is 14.3. The van der Waals surface area contributed by atoms with E-state index in [1.54, 1.807) is 13.8 Å². The fourth-order valence-electron chi connectivity index (χ4n) is 2.98. The van der Waals surface area contributed by atoms with E-state index in [9.17, 15) is 17.6 Å². The summed E-state index contributed by atoms with van der Waals surface area (Å²) in [6, 6.07) is 11.6. The number of aryl methyl sites for hydroxylation is 1.